The molecule has 0 aliphatic heterocycles. The van der Waals surface area contributed by atoms with E-state index in [4.69, 9.17) is 4.42 Å². The Morgan fingerprint density at radius 3 is 3.12 bits per heavy atom. The zero-order valence-corrected chi connectivity index (χ0v) is 9.22. The van der Waals surface area contributed by atoms with E-state index in [0.29, 0.717) is 18.4 Å². The zero-order chi connectivity index (χ0) is 11.2. The summed E-state index contributed by atoms with van der Waals surface area (Å²) in [5, 5.41) is 7.05. The van der Waals surface area contributed by atoms with Crippen LogP contribution in [0.1, 0.15) is 24.9 Å². The Balaban J connectivity index is 1.66. The van der Waals surface area contributed by atoms with E-state index in [1.165, 1.54) is 6.39 Å². The molecule has 86 valence electrons. The summed E-state index contributed by atoms with van der Waals surface area (Å²) in [6, 6.07) is 4.29. The van der Waals surface area contributed by atoms with E-state index in [1.807, 2.05) is 12.1 Å². The van der Waals surface area contributed by atoms with Crippen LogP contribution in [0.25, 0.3) is 0 Å². The van der Waals surface area contributed by atoms with Gasteiger partial charge in [-0.3, -0.25) is 0 Å². The second-order valence-corrected chi connectivity index (χ2v) is 3.75. The molecular formula is C11H15N3O2. The standard InChI is InChI=1S/C11H15N3O2/c1-9(4-5-10-3-2-6-15-10)12-7-11-13-8-16-14-11/h2-3,6,8-9,12H,4-5,7H2,1H3. The number of rotatable bonds is 6. The van der Waals surface area contributed by atoms with Crippen molar-refractivity contribution in [2.24, 2.45) is 0 Å². The smallest absolute Gasteiger partial charge is 0.213 e. The molecule has 1 atom stereocenters. The zero-order valence-electron chi connectivity index (χ0n) is 9.22. The van der Waals surface area contributed by atoms with Crippen LogP contribution in [0.3, 0.4) is 0 Å². The third-order valence-corrected chi connectivity index (χ3v) is 2.42. The number of aryl methyl sites for hydroxylation is 1. The fourth-order valence-corrected chi connectivity index (χ4v) is 1.45. The molecule has 0 fully saturated rings. The van der Waals surface area contributed by atoms with Gasteiger partial charge in [0.2, 0.25) is 6.39 Å². The Morgan fingerprint density at radius 1 is 1.50 bits per heavy atom. The summed E-state index contributed by atoms with van der Waals surface area (Å²) in [6.45, 7) is 2.76. The van der Waals surface area contributed by atoms with Gasteiger partial charge in [0.15, 0.2) is 5.82 Å². The minimum Gasteiger partial charge on any atom is -0.469 e. The van der Waals surface area contributed by atoms with Gasteiger partial charge in [-0.1, -0.05) is 5.16 Å². The Kier molecular flexibility index (Phi) is 3.71. The summed E-state index contributed by atoms with van der Waals surface area (Å²) in [5.74, 6) is 1.71. The second-order valence-electron chi connectivity index (χ2n) is 3.75. The molecule has 2 heterocycles. The molecule has 0 saturated carbocycles. The molecule has 0 aliphatic carbocycles. The molecule has 0 saturated heterocycles. The molecule has 0 spiro atoms. The number of nitrogens with one attached hydrogen (secondary N) is 1. The summed E-state index contributed by atoms with van der Waals surface area (Å²) in [4.78, 5) is 3.94. The van der Waals surface area contributed by atoms with Gasteiger partial charge in [0.25, 0.3) is 0 Å². The Bertz CT molecular complexity index is 345. The molecule has 0 aromatic carbocycles. The van der Waals surface area contributed by atoms with Gasteiger partial charge in [0.05, 0.1) is 12.8 Å². The summed E-state index contributed by atoms with van der Waals surface area (Å²) >= 11 is 0. The SMILES string of the molecule is CC(CCc1ccco1)NCc1ncon1. The number of hydrogen-bond donors (Lipinski definition) is 1. The molecule has 0 aliphatic rings. The molecule has 2 rings (SSSR count). The predicted octanol–water partition coefficient (Wildman–Crippen LogP) is 1.77. The lowest BCUT2D eigenvalue weighted by atomic mass is 10.1. The Hall–Kier alpha value is -1.62. The maximum absolute atomic E-state index is 5.27. The third kappa shape index (κ3) is 3.20. The first-order chi connectivity index (χ1) is 7.84. The first kappa shape index (κ1) is 10.9. The monoisotopic (exact) mass is 221 g/mol. The molecular weight excluding hydrogens is 206 g/mol. The van der Waals surface area contributed by atoms with Crippen LogP contribution in [0, 0.1) is 0 Å². The highest BCUT2D eigenvalue weighted by atomic mass is 16.5. The number of aromatic nitrogens is 2. The molecule has 0 amide bonds. The van der Waals surface area contributed by atoms with Gasteiger partial charge < -0.3 is 14.3 Å². The van der Waals surface area contributed by atoms with Crippen LogP contribution in [0.5, 0.6) is 0 Å². The highest BCUT2D eigenvalue weighted by Crippen LogP contribution is 2.05. The number of furan rings is 1. The van der Waals surface area contributed by atoms with E-state index in [-0.39, 0.29) is 0 Å². The van der Waals surface area contributed by atoms with Crippen LogP contribution >= 0.6 is 0 Å². The largest absolute Gasteiger partial charge is 0.469 e. The van der Waals surface area contributed by atoms with Crippen molar-refractivity contribution in [3.05, 3.63) is 36.4 Å². The highest BCUT2D eigenvalue weighted by Gasteiger charge is 2.05. The van der Waals surface area contributed by atoms with Gasteiger partial charge in [-0.2, -0.15) is 4.98 Å². The minimum absolute atomic E-state index is 0.392. The highest BCUT2D eigenvalue weighted by molar-refractivity contribution is 4.98. The Morgan fingerprint density at radius 2 is 2.44 bits per heavy atom. The van der Waals surface area contributed by atoms with Crippen LogP contribution in [-0.4, -0.2) is 16.2 Å². The molecule has 5 nitrogen and oxygen atoms in total. The second kappa shape index (κ2) is 5.46. The number of hydrogen-bond acceptors (Lipinski definition) is 5. The quantitative estimate of drug-likeness (QED) is 0.805. The fraction of sp³-hybridized carbons (Fsp3) is 0.455. The van der Waals surface area contributed by atoms with Crippen molar-refractivity contribution in [2.75, 3.05) is 0 Å². The molecule has 5 heteroatoms. The van der Waals surface area contributed by atoms with E-state index < -0.39 is 0 Å². The van der Waals surface area contributed by atoms with Crippen molar-refractivity contribution in [3.8, 4) is 0 Å². The third-order valence-electron chi connectivity index (χ3n) is 2.42. The van der Waals surface area contributed by atoms with Crippen molar-refractivity contribution in [2.45, 2.75) is 32.4 Å². The summed E-state index contributed by atoms with van der Waals surface area (Å²) in [5.41, 5.74) is 0. The lowest BCUT2D eigenvalue weighted by molar-refractivity contribution is 0.401. The molecule has 1 unspecified atom stereocenters. The molecule has 0 radical (unpaired) electrons. The van der Waals surface area contributed by atoms with Gasteiger partial charge >= 0.3 is 0 Å². The Labute approximate surface area is 93.8 Å². The van der Waals surface area contributed by atoms with Crippen molar-refractivity contribution < 1.29 is 8.94 Å². The lowest BCUT2D eigenvalue weighted by Crippen LogP contribution is -2.26. The van der Waals surface area contributed by atoms with Gasteiger partial charge in [0, 0.05) is 12.5 Å². The van der Waals surface area contributed by atoms with E-state index in [2.05, 4.69) is 26.9 Å². The summed E-state index contributed by atoms with van der Waals surface area (Å²) in [6.07, 6.45) is 5.00. The van der Waals surface area contributed by atoms with E-state index >= 15 is 0 Å². The first-order valence-corrected chi connectivity index (χ1v) is 5.35. The molecule has 16 heavy (non-hydrogen) atoms. The van der Waals surface area contributed by atoms with Crippen molar-refractivity contribution >= 4 is 0 Å². The van der Waals surface area contributed by atoms with E-state index in [9.17, 15) is 0 Å². The maximum Gasteiger partial charge on any atom is 0.213 e. The fourth-order valence-electron chi connectivity index (χ4n) is 1.45. The van der Waals surface area contributed by atoms with Crippen LogP contribution in [-0.2, 0) is 13.0 Å². The van der Waals surface area contributed by atoms with Crippen molar-refractivity contribution in [1.82, 2.24) is 15.5 Å². The normalized spacial score (nSPS) is 12.8. The molecule has 2 aromatic rings. The van der Waals surface area contributed by atoms with E-state index in [0.717, 1.165) is 18.6 Å². The lowest BCUT2D eigenvalue weighted by Gasteiger charge is -2.10. The predicted molar refractivity (Wildman–Crippen MR) is 57.6 cm³/mol. The maximum atomic E-state index is 5.27. The van der Waals surface area contributed by atoms with Gasteiger partial charge in [0.1, 0.15) is 5.76 Å². The van der Waals surface area contributed by atoms with E-state index in [1.54, 1.807) is 6.26 Å². The first-order valence-electron chi connectivity index (χ1n) is 5.35. The van der Waals surface area contributed by atoms with Crippen LogP contribution in [0.4, 0.5) is 0 Å². The summed E-state index contributed by atoms with van der Waals surface area (Å²) < 4.78 is 9.92. The van der Waals surface area contributed by atoms with Crippen LogP contribution in [0.15, 0.2) is 33.7 Å². The topological polar surface area (TPSA) is 64.1 Å². The number of nitrogens with zero attached hydrogens (tertiary/aromatic N) is 2. The minimum atomic E-state index is 0.392. The summed E-state index contributed by atoms with van der Waals surface area (Å²) in [7, 11) is 0. The average molecular weight is 221 g/mol. The van der Waals surface area contributed by atoms with Crippen molar-refractivity contribution in [1.29, 1.82) is 0 Å². The van der Waals surface area contributed by atoms with Crippen molar-refractivity contribution in [3.63, 3.8) is 0 Å². The molecule has 2 aromatic heterocycles. The molecule has 0 bridgehead atoms. The van der Waals surface area contributed by atoms with Gasteiger partial charge in [-0.25, -0.2) is 0 Å². The van der Waals surface area contributed by atoms with Gasteiger partial charge in [-0.05, 0) is 25.5 Å². The molecule has 1 N–H and O–H groups in total. The van der Waals surface area contributed by atoms with Crippen LogP contribution < -0.4 is 5.32 Å². The average Bonchev–Trinajstić information content (AvgIpc) is 2.96. The van der Waals surface area contributed by atoms with Gasteiger partial charge in [-0.15, -0.1) is 0 Å². The van der Waals surface area contributed by atoms with Crippen LogP contribution in [0.2, 0.25) is 0 Å².